The minimum atomic E-state index is -0.840. The summed E-state index contributed by atoms with van der Waals surface area (Å²) in [6.45, 7) is 4.08. The second-order valence-electron chi connectivity index (χ2n) is 5.54. The molecule has 1 aromatic carbocycles. The molecule has 0 heterocycles. The van der Waals surface area contributed by atoms with Gasteiger partial charge in [0.05, 0.1) is 5.92 Å². The maximum Gasteiger partial charge on any atom is 0.307 e. The van der Waals surface area contributed by atoms with Crippen molar-refractivity contribution in [3.05, 3.63) is 35.4 Å². The minimum absolute atomic E-state index is 0.0144. The summed E-state index contributed by atoms with van der Waals surface area (Å²) in [4.78, 5) is 23.7. The number of carbonyl (C=O) groups excluding carboxylic acids is 1. The monoisotopic (exact) mass is 260 g/mol. The first-order valence-electron chi connectivity index (χ1n) is 6.88. The zero-order chi connectivity index (χ0) is 14.0. The van der Waals surface area contributed by atoms with Crippen LogP contribution in [-0.2, 0) is 11.2 Å². The summed E-state index contributed by atoms with van der Waals surface area (Å²) in [5.74, 6) is -1.43. The molecule has 2 rings (SSSR count). The predicted molar refractivity (Wildman–Crippen MR) is 73.2 cm³/mol. The van der Waals surface area contributed by atoms with Crippen molar-refractivity contribution in [2.45, 2.75) is 33.1 Å². The SMILES string of the molecule is CCc1ccc(C(=O)C2CC(C)CC2C(=O)O)cc1. The molecule has 1 fully saturated rings. The van der Waals surface area contributed by atoms with Gasteiger partial charge in [0.2, 0.25) is 0 Å². The van der Waals surface area contributed by atoms with Gasteiger partial charge in [-0.3, -0.25) is 9.59 Å². The number of rotatable bonds is 4. The second-order valence-corrected chi connectivity index (χ2v) is 5.54. The summed E-state index contributed by atoms with van der Waals surface area (Å²) in [6.07, 6.45) is 2.23. The lowest BCUT2D eigenvalue weighted by atomic mass is 9.88. The van der Waals surface area contributed by atoms with Crippen molar-refractivity contribution in [2.24, 2.45) is 17.8 Å². The summed E-state index contributed by atoms with van der Waals surface area (Å²) in [5.41, 5.74) is 1.83. The van der Waals surface area contributed by atoms with E-state index in [9.17, 15) is 14.7 Å². The van der Waals surface area contributed by atoms with Crippen molar-refractivity contribution in [2.75, 3.05) is 0 Å². The third-order valence-electron chi connectivity index (χ3n) is 4.10. The highest BCUT2D eigenvalue weighted by atomic mass is 16.4. The highest BCUT2D eigenvalue weighted by Crippen LogP contribution is 2.38. The van der Waals surface area contributed by atoms with Gasteiger partial charge in [-0.2, -0.15) is 0 Å². The Morgan fingerprint density at radius 2 is 1.74 bits per heavy atom. The Balaban J connectivity index is 2.20. The molecule has 3 nitrogen and oxygen atoms in total. The van der Waals surface area contributed by atoms with E-state index in [1.807, 2.05) is 31.2 Å². The fourth-order valence-corrected chi connectivity index (χ4v) is 2.97. The van der Waals surface area contributed by atoms with Gasteiger partial charge >= 0.3 is 5.97 Å². The Hall–Kier alpha value is -1.64. The van der Waals surface area contributed by atoms with Gasteiger partial charge < -0.3 is 5.11 Å². The van der Waals surface area contributed by atoms with E-state index in [0.29, 0.717) is 24.3 Å². The van der Waals surface area contributed by atoms with E-state index >= 15 is 0 Å². The lowest BCUT2D eigenvalue weighted by molar-refractivity contribution is -0.142. The number of carboxylic acids is 1. The molecule has 3 heteroatoms. The van der Waals surface area contributed by atoms with E-state index in [2.05, 4.69) is 6.92 Å². The largest absolute Gasteiger partial charge is 0.481 e. The first-order chi connectivity index (χ1) is 9.02. The van der Waals surface area contributed by atoms with Crippen molar-refractivity contribution < 1.29 is 14.7 Å². The van der Waals surface area contributed by atoms with Gasteiger partial charge in [-0.05, 0) is 30.7 Å². The Morgan fingerprint density at radius 1 is 1.16 bits per heavy atom. The predicted octanol–water partition coefficient (Wildman–Crippen LogP) is 3.18. The quantitative estimate of drug-likeness (QED) is 0.846. The van der Waals surface area contributed by atoms with Gasteiger partial charge in [-0.1, -0.05) is 38.1 Å². The first kappa shape index (κ1) is 13.8. The molecule has 102 valence electrons. The molecule has 0 spiro atoms. The Kier molecular flexibility index (Phi) is 4.03. The normalized spacial score (nSPS) is 26.3. The molecule has 1 aromatic rings. The Bertz CT molecular complexity index is 475. The van der Waals surface area contributed by atoms with Crippen LogP contribution < -0.4 is 0 Å². The zero-order valence-electron chi connectivity index (χ0n) is 11.4. The van der Waals surface area contributed by atoms with Crippen LogP contribution in [0.2, 0.25) is 0 Å². The van der Waals surface area contributed by atoms with E-state index in [1.54, 1.807) is 0 Å². The molecule has 1 aliphatic rings. The fraction of sp³-hybridized carbons (Fsp3) is 0.500. The third-order valence-corrected chi connectivity index (χ3v) is 4.10. The molecule has 0 amide bonds. The van der Waals surface area contributed by atoms with Gasteiger partial charge in [0, 0.05) is 11.5 Å². The van der Waals surface area contributed by atoms with Crippen molar-refractivity contribution >= 4 is 11.8 Å². The summed E-state index contributed by atoms with van der Waals surface area (Å²) in [5, 5.41) is 9.23. The summed E-state index contributed by atoms with van der Waals surface area (Å²) in [6, 6.07) is 7.54. The molecule has 1 aliphatic carbocycles. The number of ketones is 1. The lowest BCUT2D eigenvalue weighted by Crippen LogP contribution is -2.25. The van der Waals surface area contributed by atoms with Crippen molar-refractivity contribution in [1.82, 2.24) is 0 Å². The smallest absolute Gasteiger partial charge is 0.307 e. The zero-order valence-corrected chi connectivity index (χ0v) is 11.4. The van der Waals surface area contributed by atoms with Gasteiger partial charge in [0.1, 0.15) is 0 Å². The molecule has 19 heavy (non-hydrogen) atoms. The average Bonchev–Trinajstić information content (AvgIpc) is 2.80. The van der Waals surface area contributed by atoms with E-state index < -0.39 is 11.9 Å². The molecule has 1 saturated carbocycles. The maximum atomic E-state index is 12.4. The summed E-state index contributed by atoms with van der Waals surface area (Å²) < 4.78 is 0. The van der Waals surface area contributed by atoms with Crippen LogP contribution in [0.5, 0.6) is 0 Å². The molecule has 1 N–H and O–H groups in total. The number of carboxylic acid groups (broad SMARTS) is 1. The second kappa shape index (κ2) is 5.55. The highest BCUT2D eigenvalue weighted by Gasteiger charge is 2.41. The van der Waals surface area contributed by atoms with Gasteiger partial charge in [-0.15, -0.1) is 0 Å². The standard InChI is InChI=1S/C16H20O3/c1-3-11-4-6-12(7-5-11)15(17)13-8-10(2)9-14(13)16(18)19/h4-7,10,13-14H,3,8-9H2,1-2H3,(H,18,19). The number of carbonyl (C=O) groups is 2. The number of hydrogen-bond donors (Lipinski definition) is 1. The van der Waals surface area contributed by atoms with Crippen molar-refractivity contribution in [3.8, 4) is 0 Å². The van der Waals surface area contributed by atoms with Crippen LogP contribution >= 0.6 is 0 Å². The topological polar surface area (TPSA) is 54.4 Å². The van der Waals surface area contributed by atoms with Crippen molar-refractivity contribution in [3.63, 3.8) is 0 Å². The van der Waals surface area contributed by atoms with Crippen LogP contribution in [-0.4, -0.2) is 16.9 Å². The lowest BCUT2D eigenvalue weighted by Gasteiger charge is -2.14. The molecule has 3 atom stereocenters. The molecule has 0 saturated heterocycles. The average molecular weight is 260 g/mol. The summed E-state index contributed by atoms with van der Waals surface area (Å²) in [7, 11) is 0. The van der Waals surface area contributed by atoms with Crippen LogP contribution in [0.25, 0.3) is 0 Å². The summed E-state index contributed by atoms with van der Waals surface area (Å²) >= 11 is 0. The number of benzene rings is 1. The van der Waals surface area contributed by atoms with E-state index in [-0.39, 0.29) is 11.7 Å². The van der Waals surface area contributed by atoms with Gasteiger partial charge in [0.25, 0.3) is 0 Å². The Morgan fingerprint density at radius 3 is 2.26 bits per heavy atom. The number of aliphatic carboxylic acids is 1. The molecular weight excluding hydrogens is 240 g/mol. The van der Waals surface area contributed by atoms with Gasteiger partial charge in [-0.25, -0.2) is 0 Å². The van der Waals surface area contributed by atoms with Crippen LogP contribution in [0.3, 0.4) is 0 Å². The molecular formula is C16H20O3. The van der Waals surface area contributed by atoms with E-state index in [1.165, 1.54) is 5.56 Å². The van der Waals surface area contributed by atoms with Crippen molar-refractivity contribution in [1.29, 1.82) is 0 Å². The maximum absolute atomic E-state index is 12.4. The highest BCUT2D eigenvalue weighted by molar-refractivity contribution is 6.00. The van der Waals surface area contributed by atoms with E-state index in [0.717, 1.165) is 6.42 Å². The molecule has 0 aliphatic heterocycles. The number of Topliss-reactive ketones (excluding diaryl/α,β-unsaturated/α-hetero) is 1. The molecule has 0 aromatic heterocycles. The van der Waals surface area contributed by atoms with E-state index in [4.69, 9.17) is 0 Å². The first-order valence-corrected chi connectivity index (χ1v) is 6.88. The number of aryl methyl sites for hydroxylation is 1. The van der Waals surface area contributed by atoms with Crippen LogP contribution in [0, 0.1) is 17.8 Å². The number of hydrogen-bond acceptors (Lipinski definition) is 2. The third kappa shape index (κ3) is 2.86. The van der Waals surface area contributed by atoms with Crippen LogP contribution in [0.1, 0.15) is 42.6 Å². The Labute approximate surface area is 113 Å². The molecule has 0 bridgehead atoms. The van der Waals surface area contributed by atoms with Gasteiger partial charge in [0.15, 0.2) is 5.78 Å². The molecule has 0 radical (unpaired) electrons. The fourth-order valence-electron chi connectivity index (χ4n) is 2.97. The molecule has 3 unspecified atom stereocenters. The van der Waals surface area contributed by atoms with Crippen LogP contribution in [0.15, 0.2) is 24.3 Å². The minimum Gasteiger partial charge on any atom is -0.481 e. The van der Waals surface area contributed by atoms with Crippen LogP contribution in [0.4, 0.5) is 0 Å².